The molecule has 0 saturated heterocycles. The Morgan fingerprint density at radius 1 is 1.24 bits per heavy atom. The Hall–Kier alpha value is -1.47. The molecule has 0 spiro atoms. The third-order valence-corrected chi connectivity index (χ3v) is 4.94. The van der Waals surface area contributed by atoms with Gasteiger partial charge in [0.05, 0.1) is 22.9 Å². The number of aliphatic imine (C=N–C) groups is 1. The minimum atomic E-state index is 0.703. The van der Waals surface area contributed by atoms with Gasteiger partial charge in [0.15, 0.2) is 5.96 Å². The summed E-state index contributed by atoms with van der Waals surface area (Å²) in [6.45, 7) is 7.69. The van der Waals surface area contributed by atoms with Crippen LogP contribution in [0.4, 0.5) is 0 Å². The molecule has 0 aromatic carbocycles. The quantitative estimate of drug-likeness (QED) is 0.655. The lowest BCUT2D eigenvalue weighted by Crippen LogP contribution is -2.37. The molecule has 2 N–H and O–H groups in total. The van der Waals surface area contributed by atoms with Gasteiger partial charge >= 0.3 is 0 Å². The zero-order chi connectivity index (χ0) is 15.2. The van der Waals surface area contributed by atoms with E-state index in [1.54, 1.807) is 29.7 Å². The average molecular weight is 323 g/mol. The van der Waals surface area contributed by atoms with Crippen LogP contribution in [0.5, 0.6) is 0 Å². The summed E-state index contributed by atoms with van der Waals surface area (Å²) in [7, 11) is 1.78. The number of aromatic nitrogens is 2. The van der Waals surface area contributed by atoms with Crippen molar-refractivity contribution in [2.45, 2.75) is 33.7 Å². The second kappa shape index (κ2) is 7.51. The van der Waals surface area contributed by atoms with Crippen molar-refractivity contribution in [3.63, 3.8) is 0 Å². The molecular formula is C14H21N5S2. The van der Waals surface area contributed by atoms with Crippen LogP contribution in [-0.4, -0.2) is 29.5 Å². The van der Waals surface area contributed by atoms with E-state index < -0.39 is 0 Å². The molecule has 0 bridgehead atoms. The van der Waals surface area contributed by atoms with E-state index in [0.29, 0.717) is 6.54 Å². The number of hydrogen-bond acceptors (Lipinski definition) is 5. The molecule has 2 aromatic rings. The molecule has 0 amide bonds. The van der Waals surface area contributed by atoms with Gasteiger partial charge in [-0.1, -0.05) is 0 Å². The molecule has 0 atom stereocenters. The second-order valence-electron chi connectivity index (χ2n) is 4.71. The Kier molecular flexibility index (Phi) is 5.69. The molecule has 7 heteroatoms. The molecule has 0 radical (unpaired) electrons. The van der Waals surface area contributed by atoms with E-state index >= 15 is 0 Å². The van der Waals surface area contributed by atoms with Gasteiger partial charge < -0.3 is 10.6 Å². The maximum atomic E-state index is 4.51. The van der Waals surface area contributed by atoms with Gasteiger partial charge in [0, 0.05) is 30.3 Å². The van der Waals surface area contributed by atoms with Gasteiger partial charge in [-0.25, -0.2) is 9.97 Å². The number of aryl methyl sites for hydroxylation is 3. The van der Waals surface area contributed by atoms with Gasteiger partial charge in [-0.3, -0.25) is 4.99 Å². The fourth-order valence-electron chi connectivity index (χ4n) is 1.83. The van der Waals surface area contributed by atoms with Crippen molar-refractivity contribution in [3.05, 3.63) is 31.7 Å². The Balaban J connectivity index is 1.75. The largest absolute Gasteiger partial charge is 0.356 e. The van der Waals surface area contributed by atoms with E-state index in [9.17, 15) is 0 Å². The van der Waals surface area contributed by atoms with E-state index in [0.717, 1.165) is 40.3 Å². The highest BCUT2D eigenvalue weighted by molar-refractivity contribution is 7.11. The zero-order valence-electron chi connectivity index (χ0n) is 12.9. The van der Waals surface area contributed by atoms with Crippen molar-refractivity contribution < 1.29 is 0 Å². The lowest BCUT2D eigenvalue weighted by molar-refractivity contribution is 0.782. The van der Waals surface area contributed by atoms with Crippen molar-refractivity contribution in [3.8, 4) is 0 Å². The van der Waals surface area contributed by atoms with Gasteiger partial charge in [0.2, 0.25) is 0 Å². The van der Waals surface area contributed by atoms with Gasteiger partial charge in [-0.05, 0) is 20.8 Å². The van der Waals surface area contributed by atoms with Gasteiger partial charge in [0.25, 0.3) is 0 Å². The van der Waals surface area contributed by atoms with Crippen molar-refractivity contribution in [2.24, 2.45) is 4.99 Å². The number of nitrogens with one attached hydrogen (secondary N) is 2. The Morgan fingerprint density at radius 3 is 2.62 bits per heavy atom. The smallest absolute Gasteiger partial charge is 0.191 e. The molecule has 114 valence electrons. The molecule has 2 heterocycles. The highest BCUT2D eigenvalue weighted by atomic mass is 32.1. The monoisotopic (exact) mass is 323 g/mol. The highest BCUT2D eigenvalue weighted by Gasteiger charge is 2.05. The van der Waals surface area contributed by atoms with Crippen molar-refractivity contribution in [1.29, 1.82) is 0 Å². The summed E-state index contributed by atoms with van der Waals surface area (Å²) in [4.78, 5) is 14.5. The summed E-state index contributed by atoms with van der Waals surface area (Å²) in [5.41, 5.74) is 2.24. The Bertz CT molecular complexity index is 595. The fraction of sp³-hybridized carbons (Fsp3) is 0.500. The lowest BCUT2D eigenvalue weighted by atomic mass is 10.3. The first-order valence-electron chi connectivity index (χ1n) is 6.87. The van der Waals surface area contributed by atoms with Crippen LogP contribution in [0.3, 0.4) is 0 Å². The van der Waals surface area contributed by atoms with E-state index in [1.165, 1.54) is 4.88 Å². The third-order valence-electron chi connectivity index (χ3n) is 3.04. The van der Waals surface area contributed by atoms with Crippen LogP contribution in [0.15, 0.2) is 10.4 Å². The topological polar surface area (TPSA) is 62.2 Å². The van der Waals surface area contributed by atoms with Crippen molar-refractivity contribution in [2.75, 3.05) is 13.6 Å². The zero-order valence-corrected chi connectivity index (χ0v) is 14.5. The molecular weight excluding hydrogens is 302 g/mol. The summed E-state index contributed by atoms with van der Waals surface area (Å²) in [5.74, 6) is 0.799. The minimum absolute atomic E-state index is 0.703. The van der Waals surface area contributed by atoms with Crippen LogP contribution in [-0.2, 0) is 13.0 Å². The van der Waals surface area contributed by atoms with Gasteiger partial charge in [-0.2, -0.15) is 0 Å². The predicted octanol–water partition coefficient (Wildman–Crippen LogP) is 2.43. The minimum Gasteiger partial charge on any atom is -0.356 e. The standard InChI is InChI=1S/C14H21N5S2/c1-9-10(2)21-13(18-9)7-17-14(15-4)16-6-5-12-8-20-11(3)19-12/h8H,5-7H2,1-4H3,(H2,15,16,17). The van der Waals surface area contributed by atoms with Crippen LogP contribution < -0.4 is 10.6 Å². The number of nitrogens with zero attached hydrogens (tertiary/aromatic N) is 3. The first kappa shape index (κ1) is 15.9. The molecule has 2 rings (SSSR count). The van der Waals surface area contributed by atoms with E-state index in [1.807, 2.05) is 13.8 Å². The van der Waals surface area contributed by atoms with Crippen LogP contribution in [0, 0.1) is 20.8 Å². The Labute approximate surface area is 133 Å². The number of guanidine groups is 1. The van der Waals surface area contributed by atoms with Gasteiger partial charge in [-0.15, -0.1) is 22.7 Å². The number of rotatable bonds is 5. The lowest BCUT2D eigenvalue weighted by Gasteiger charge is -2.10. The fourth-order valence-corrected chi connectivity index (χ4v) is 3.35. The second-order valence-corrected chi connectivity index (χ2v) is 7.06. The first-order valence-corrected chi connectivity index (χ1v) is 8.56. The van der Waals surface area contributed by atoms with Crippen molar-refractivity contribution >= 4 is 28.6 Å². The SMILES string of the molecule is CN=C(NCCc1csc(C)n1)NCc1nc(C)c(C)s1. The van der Waals surface area contributed by atoms with E-state index in [4.69, 9.17) is 0 Å². The molecule has 2 aromatic heterocycles. The van der Waals surface area contributed by atoms with E-state index in [-0.39, 0.29) is 0 Å². The predicted molar refractivity (Wildman–Crippen MR) is 90.3 cm³/mol. The number of thiazole rings is 2. The summed E-state index contributed by atoms with van der Waals surface area (Å²) >= 11 is 3.41. The molecule has 0 aliphatic carbocycles. The summed E-state index contributed by atoms with van der Waals surface area (Å²) in [6, 6.07) is 0. The number of hydrogen-bond donors (Lipinski definition) is 2. The molecule has 0 aliphatic rings. The van der Waals surface area contributed by atoms with Crippen LogP contribution in [0.25, 0.3) is 0 Å². The van der Waals surface area contributed by atoms with Gasteiger partial charge in [0.1, 0.15) is 5.01 Å². The maximum Gasteiger partial charge on any atom is 0.191 e. The molecule has 5 nitrogen and oxygen atoms in total. The van der Waals surface area contributed by atoms with Crippen LogP contribution >= 0.6 is 22.7 Å². The summed E-state index contributed by atoms with van der Waals surface area (Å²) in [5, 5.41) is 10.9. The summed E-state index contributed by atoms with van der Waals surface area (Å²) < 4.78 is 0. The normalized spacial score (nSPS) is 11.7. The molecule has 21 heavy (non-hydrogen) atoms. The molecule has 0 saturated carbocycles. The maximum absolute atomic E-state index is 4.51. The van der Waals surface area contributed by atoms with E-state index in [2.05, 4.69) is 37.9 Å². The van der Waals surface area contributed by atoms with Crippen LogP contribution in [0.2, 0.25) is 0 Å². The molecule has 0 fully saturated rings. The third kappa shape index (κ3) is 4.78. The molecule has 0 aliphatic heterocycles. The highest BCUT2D eigenvalue weighted by Crippen LogP contribution is 2.15. The summed E-state index contributed by atoms with van der Waals surface area (Å²) in [6.07, 6.45) is 0.903. The molecule has 0 unspecified atom stereocenters. The first-order chi connectivity index (χ1) is 10.1. The van der Waals surface area contributed by atoms with Crippen molar-refractivity contribution in [1.82, 2.24) is 20.6 Å². The Morgan fingerprint density at radius 2 is 2.05 bits per heavy atom. The average Bonchev–Trinajstić information content (AvgIpc) is 3.00. The van der Waals surface area contributed by atoms with Crippen LogP contribution in [0.1, 0.15) is 26.3 Å².